The van der Waals surface area contributed by atoms with Gasteiger partial charge in [0.1, 0.15) is 5.75 Å². The van der Waals surface area contributed by atoms with Crippen molar-refractivity contribution in [1.82, 2.24) is 0 Å². The van der Waals surface area contributed by atoms with Crippen LogP contribution in [0.25, 0.3) is 0 Å². The zero-order chi connectivity index (χ0) is 8.27. The summed E-state index contributed by atoms with van der Waals surface area (Å²) in [5.74, 6) is 0.928. The molecule has 0 amide bonds. The number of benzene rings is 1. The monoisotopic (exact) mass is 187 g/mol. The SMILES string of the molecule is CNc1cccc(OC)c1C.Cl. The number of halogens is 1. The molecule has 0 bridgehead atoms. The third-order valence-electron chi connectivity index (χ3n) is 1.77. The van der Waals surface area contributed by atoms with Gasteiger partial charge in [0.2, 0.25) is 0 Å². The minimum atomic E-state index is 0. The van der Waals surface area contributed by atoms with Gasteiger partial charge in [-0.1, -0.05) is 6.07 Å². The van der Waals surface area contributed by atoms with Crippen LogP contribution in [0.1, 0.15) is 5.56 Å². The van der Waals surface area contributed by atoms with Crippen LogP contribution in [-0.4, -0.2) is 14.2 Å². The van der Waals surface area contributed by atoms with Crippen molar-refractivity contribution in [3.8, 4) is 5.75 Å². The van der Waals surface area contributed by atoms with Crippen LogP contribution >= 0.6 is 12.4 Å². The maximum absolute atomic E-state index is 5.15. The molecule has 68 valence electrons. The summed E-state index contributed by atoms with van der Waals surface area (Å²) in [5, 5.41) is 3.09. The molecule has 1 N–H and O–H groups in total. The average molecular weight is 188 g/mol. The van der Waals surface area contributed by atoms with Crippen molar-refractivity contribution in [2.24, 2.45) is 0 Å². The molecular weight excluding hydrogens is 174 g/mol. The van der Waals surface area contributed by atoms with Crippen molar-refractivity contribution >= 4 is 18.1 Å². The van der Waals surface area contributed by atoms with Crippen molar-refractivity contribution < 1.29 is 4.74 Å². The second-order valence-electron chi connectivity index (χ2n) is 2.38. The van der Waals surface area contributed by atoms with Crippen LogP contribution in [0.4, 0.5) is 5.69 Å². The molecular formula is C9H14ClNO. The van der Waals surface area contributed by atoms with Crippen molar-refractivity contribution in [1.29, 1.82) is 0 Å². The Hall–Kier alpha value is -0.890. The van der Waals surface area contributed by atoms with Crippen LogP contribution in [0.3, 0.4) is 0 Å². The average Bonchev–Trinajstić information content (AvgIpc) is 2.05. The number of anilines is 1. The Morgan fingerprint density at radius 3 is 2.50 bits per heavy atom. The molecule has 1 rings (SSSR count). The molecule has 0 aliphatic rings. The molecule has 3 heteroatoms. The highest BCUT2D eigenvalue weighted by molar-refractivity contribution is 5.85. The molecule has 0 spiro atoms. The van der Waals surface area contributed by atoms with E-state index >= 15 is 0 Å². The zero-order valence-corrected chi connectivity index (χ0v) is 8.37. The van der Waals surface area contributed by atoms with E-state index in [4.69, 9.17) is 4.74 Å². The van der Waals surface area contributed by atoms with Crippen LogP contribution in [0, 0.1) is 6.92 Å². The molecule has 0 saturated carbocycles. The molecule has 1 aromatic rings. The predicted octanol–water partition coefficient (Wildman–Crippen LogP) is 2.47. The van der Waals surface area contributed by atoms with Crippen LogP contribution in [0.5, 0.6) is 5.75 Å². The first kappa shape index (κ1) is 11.1. The quantitative estimate of drug-likeness (QED) is 0.768. The largest absolute Gasteiger partial charge is 0.496 e. The summed E-state index contributed by atoms with van der Waals surface area (Å²) < 4.78 is 5.15. The normalized spacial score (nSPS) is 8.58. The van der Waals surface area contributed by atoms with Gasteiger partial charge in [0, 0.05) is 18.3 Å². The minimum absolute atomic E-state index is 0. The lowest BCUT2D eigenvalue weighted by Crippen LogP contribution is -1.94. The van der Waals surface area contributed by atoms with Gasteiger partial charge in [-0.25, -0.2) is 0 Å². The number of nitrogens with one attached hydrogen (secondary N) is 1. The molecule has 0 atom stereocenters. The Labute approximate surface area is 79.3 Å². The molecule has 2 nitrogen and oxygen atoms in total. The van der Waals surface area contributed by atoms with Crippen molar-refractivity contribution in [3.63, 3.8) is 0 Å². The van der Waals surface area contributed by atoms with Gasteiger partial charge in [0.15, 0.2) is 0 Å². The summed E-state index contributed by atoms with van der Waals surface area (Å²) in [5.41, 5.74) is 2.27. The molecule has 1 aromatic carbocycles. The summed E-state index contributed by atoms with van der Waals surface area (Å²) in [6, 6.07) is 5.95. The van der Waals surface area contributed by atoms with Gasteiger partial charge in [-0.05, 0) is 19.1 Å². The van der Waals surface area contributed by atoms with E-state index in [0.29, 0.717) is 0 Å². The topological polar surface area (TPSA) is 21.3 Å². The molecule has 0 heterocycles. The van der Waals surface area contributed by atoms with E-state index in [2.05, 4.69) is 5.32 Å². The van der Waals surface area contributed by atoms with Gasteiger partial charge in [0.25, 0.3) is 0 Å². The molecule has 12 heavy (non-hydrogen) atoms. The Morgan fingerprint density at radius 2 is 2.00 bits per heavy atom. The van der Waals surface area contributed by atoms with Crippen LogP contribution < -0.4 is 10.1 Å². The second kappa shape index (κ2) is 4.88. The zero-order valence-electron chi connectivity index (χ0n) is 7.55. The van der Waals surface area contributed by atoms with Crippen LogP contribution in [-0.2, 0) is 0 Å². The van der Waals surface area contributed by atoms with E-state index in [1.165, 1.54) is 0 Å². The van der Waals surface area contributed by atoms with Gasteiger partial charge >= 0.3 is 0 Å². The van der Waals surface area contributed by atoms with Gasteiger partial charge in [-0.2, -0.15) is 0 Å². The molecule has 0 aliphatic heterocycles. The number of ether oxygens (including phenoxy) is 1. The number of hydrogen-bond acceptors (Lipinski definition) is 2. The van der Waals surface area contributed by atoms with Crippen LogP contribution in [0.15, 0.2) is 18.2 Å². The highest BCUT2D eigenvalue weighted by Crippen LogP contribution is 2.23. The van der Waals surface area contributed by atoms with Gasteiger partial charge < -0.3 is 10.1 Å². The summed E-state index contributed by atoms with van der Waals surface area (Å²) >= 11 is 0. The van der Waals surface area contributed by atoms with E-state index in [-0.39, 0.29) is 12.4 Å². The smallest absolute Gasteiger partial charge is 0.123 e. The maximum Gasteiger partial charge on any atom is 0.123 e. The first-order chi connectivity index (χ1) is 5.29. The standard InChI is InChI=1S/C9H13NO.ClH/c1-7-8(10-2)5-4-6-9(7)11-3;/h4-6,10H,1-3H3;1H. The fraction of sp³-hybridized carbons (Fsp3) is 0.333. The van der Waals surface area contributed by atoms with Crippen molar-refractivity contribution in [2.45, 2.75) is 6.92 Å². The third kappa shape index (κ3) is 2.05. The van der Waals surface area contributed by atoms with E-state index in [0.717, 1.165) is 17.0 Å². The lowest BCUT2D eigenvalue weighted by Gasteiger charge is -2.08. The first-order valence-electron chi connectivity index (χ1n) is 3.61. The summed E-state index contributed by atoms with van der Waals surface area (Å²) in [6.07, 6.45) is 0. The highest BCUT2D eigenvalue weighted by atomic mass is 35.5. The molecule has 0 saturated heterocycles. The first-order valence-corrected chi connectivity index (χ1v) is 3.61. The van der Waals surface area contributed by atoms with E-state index < -0.39 is 0 Å². The van der Waals surface area contributed by atoms with Crippen molar-refractivity contribution in [3.05, 3.63) is 23.8 Å². The van der Waals surface area contributed by atoms with Gasteiger partial charge in [0.05, 0.1) is 7.11 Å². The van der Waals surface area contributed by atoms with E-state index in [1.807, 2.05) is 32.2 Å². The van der Waals surface area contributed by atoms with E-state index in [9.17, 15) is 0 Å². The Kier molecular flexibility index (Phi) is 4.52. The molecule has 0 radical (unpaired) electrons. The van der Waals surface area contributed by atoms with Gasteiger partial charge in [-0.15, -0.1) is 12.4 Å². The molecule has 0 fully saturated rings. The summed E-state index contributed by atoms with van der Waals surface area (Å²) in [6.45, 7) is 2.03. The summed E-state index contributed by atoms with van der Waals surface area (Å²) in [4.78, 5) is 0. The lowest BCUT2D eigenvalue weighted by molar-refractivity contribution is 0.412. The third-order valence-corrected chi connectivity index (χ3v) is 1.77. The Balaban J connectivity index is 0.00000121. The van der Waals surface area contributed by atoms with Gasteiger partial charge in [-0.3, -0.25) is 0 Å². The second-order valence-corrected chi connectivity index (χ2v) is 2.38. The Morgan fingerprint density at radius 1 is 1.33 bits per heavy atom. The van der Waals surface area contributed by atoms with E-state index in [1.54, 1.807) is 7.11 Å². The Bertz CT molecular complexity index is 228. The lowest BCUT2D eigenvalue weighted by atomic mass is 10.2. The fourth-order valence-electron chi connectivity index (χ4n) is 1.11. The minimum Gasteiger partial charge on any atom is -0.496 e. The fourth-order valence-corrected chi connectivity index (χ4v) is 1.11. The number of methoxy groups -OCH3 is 1. The number of rotatable bonds is 2. The predicted molar refractivity (Wildman–Crippen MR) is 54.5 cm³/mol. The maximum atomic E-state index is 5.15. The molecule has 0 unspecified atom stereocenters. The molecule has 0 aromatic heterocycles. The summed E-state index contributed by atoms with van der Waals surface area (Å²) in [7, 11) is 3.59. The number of hydrogen-bond donors (Lipinski definition) is 1. The molecule has 0 aliphatic carbocycles. The highest BCUT2D eigenvalue weighted by Gasteiger charge is 2.00. The van der Waals surface area contributed by atoms with Crippen LogP contribution in [0.2, 0.25) is 0 Å². The van der Waals surface area contributed by atoms with Crippen molar-refractivity contribution in [2.75, 3.05) is 19.5 Å².